The van der Waals surface area contributed by atoms with E-state index in [-0.39, 0.29) is 0 Å². The molecule has 0 amide bonds. The molecule has 2 saturated carbocycles. The molecule has 1 nitrogen and oxygen atoms in total. The van der Waals surface area contributed by atoms with Gasteiger partial charge in [-0.15, -0.1) is 0 Å². The summed E-state index contributed by atoms with van der Waals surface area (Å²) < 4.78 is 0. The van der Waals surface area contributed by atoms with Crippen LogP contribution in [0.25, 0.3) is 0 Å². The van der Waals surface area contributed by atoms with Crippen molar-refractivity contribution in [1.82, 2.24) is 5.32 Å². The number of hydrogen-bond donors (Lipinski definition) is 1. The Balaban J connectivity index is 1.44. The maximum Gasteiger partial charge on any atom is 0.0126 e. The molecule has 2 aliphatic rings. The minimum atomic E-state index is 0.663. The molecule has 2 aliphatic carbocycles. The third-order valence-electron chi connectivity index (χ3n) is 4.45. The van der Waals surface area contributed by atoms with Gasteiger partial charge in [0.1, 0.15) is 0 Å². The van der Waals surface area contributed by atoms with Crippen LogP contribution in [-0.2, 0) is 6.42 Å². The Morgan fingerprint density at radius 1 is 1.06 bits per heavy atom. The van der Waals surface area contributed by atoms with E-state index in [2.05, 4.69) is 42.6 Å². The molecule has 1 N–H and O–H groups in total. The van der Waals surface area contributed by atoms with E-state index in [9.17, 15) is 0 Å². The van der Waals surface area contributed by atoms with E-state index in [1.165, 1.54) is 44.1 Å². The molecule has 1 aromatic carbocycles. The van der Waals surface area contributed by atoms with Crippen molar-refractivity contribution in [2.24, 2.45) is 11.8 Å². The monoisotopic (exact) mass is 243 g/mol. The van der Waals surface area contributed by atoms with Crippen LogP contribution in [0.1, 0.15) is 44.6 Å². The second-order valence-corrected chi connectivity index (χ2v) is 6.29. The summed E-state index contributed by atoms with van der Waals surface area (Å²) in [5.74, 6) is 2.02. The average molecular weight is 243 g/mol. The zero-order valence-corrected chi connectivity index (χ0v) is 11.4. The lowest BCUT2D eigenvalue weighted by Gasteiger charge is -2.23. The fraction of sp³-hybridized carbons (Fsp3) is 0.647. The smallest absolute Gasteiger partial charge is 0.0126 e. The lowest BCUT2D eigenvalue weighted by atomic mass is 10.0. The van der Waals surface area contributed by atoms with Crippen molar-refractivity contribution < 1.29 is 0 Å². The largest absolute Gasteiger partial charge is 0.311 e. The van der Waals surface area contributed by atoms with Crippen LogP contribution in [0.5, 0.6) is 0 Å². The lowest BCUT2D eigenvalue weighted by Crippen LogP contribution is -2.39. The maximum absolute atomic E-state index is 3.91. The van der Waals surface area contributed by atoms with Crippen molar-refractivity contribution in [3.63, 3.8) is 0 Å². The topological polar surface area (TPSA) is 12.0 Å². The van der Waals surface area contributed by atoms with Crippen LogP contribution in [0.15, 0.2) is 30.3 Å². The maximum atomic E-state index is 3.91. The van der Waals surface area contributed by atoms with Crippen LogP contribution < -0.4 is 5.32 Å². The fourth-order valence-electron chi connectivity index (χ4n) is 3.01. The molecular weight excluding hydrogens is 218 g/mol. The van der Waals surface area contributed by atoms with E-state index in [0.29, 0.717) is 6.04 Å². The molecule has 0 saturated heterocycles. The Morgan fingerprint density at radius 3 is 2.22 bits per heavy atom. The first kappa shape index (κ1) is 12.2. The van der Waals surface area contributed by atoms with Gasteiger partial charge in [0.2, 0.25) is 0 Å². The van der Waals surface area contributed by atoms with Crippen LogP contribution >= 0.6 is 0 Å². The Bertz CT molecular complexity index is 352. The van der Waals surface area contributed by atoms with Crippen LogP contribution in [-0.4, -0.2) is 12.1 Å². The minimum absolute atomic E-state index is 0.663. The SMILES string of the molecule is CC(CCc1ccccc1)NC(C1CC1)C1CC1. The van der Waals surface area contributed by atoms with Gasteiger partial charge in [-0.2, -0.15) is 0 Å². The molecule has 3 rings (SSSR count). The highest BCUT2D eigenvalue weighted by Crippen LogP contribution is 2.44. The Kier molecular flexibility index (Phi) is 3.69. The van der Waals surface area contributed by atoms with Gasteiger partial charge in [-0.25, -0.2) is 0 Å². The molecule has 98 valence electrons. The summed E-state index contributed by atoms with van der Waals surface area (Å²) >= 11 is 0. The van der Waals surface area contributed by atoms with Gasteiger partial charge in [0.15, 0.2) is 0 Å². The van der Waals surface area contributed by atoms with Crippen molar-refractivity contribution in [3.05, 3.63) is 35.9 Å². The third-order valence-corrected chi connectivity index (χ3v) is 4.45. The Morgan fingerprint density at radius 2 is 1.67 bits per heavy atom. The van der Waals surface area contributed by atoms with E-state index in [1.54, 1.807) is 0 Å². The zero-order valence-electron chi connectivity index (χ0n) is 11.4. The predicted octanol–water partition coefficient (Wildman–Crippen LogP) is 3.79. The molecule has 0 spiro atoms. The summed E-state index contributed by atoms with van der Waals surface area (Å²) in [6.07, 6.45) is 8.36. The highest BCUT2D eigenvalue weighted by Gasteiger charge is 2.41. The van der Waals surface area contributed by atoms with Gasteiger partial charge < -0.3 is 5.32 Å². The van der Waals surface area contributed by atoms with E-state index in [0.717, 1.165) is 17.9 Å². The summed E-state index contributed by atoms with van der Waals surface area (Å²) in [7, 11) is 0. The zero-order chi connectivity index (χ0) is 12.4. The molecule has 0 aliphatic heterocycles. The van der Waals surface area contributed by atoms with Crippen LogP contribution in [0.4, 0.5) is 0 Å². The molecule has 2 fully saturated rings. The third kappa shape index (κ3) is 3.35. The first-order valence-corrected chi connectivity index (χ1v) is 7.63. The number of nitrogens with one attached hydrogen (secondary N) is 1. The van der Waals surface area contributed by atoms with Crippen molar-refractivity contribution >= 4 is 0 Å². The van der Waals surface area contributed by atoms with Gasteiger partial charge in [-0.3, -0.25) is 0 Å². The molecule has 1 atom stereocenters. The van der Waals surface area contributed by atoms with Crippen LogP contribution in [0.2, 0.25) is 0 Å². The number of benzene rings is 1. The average Bonchev–Trinajstić information content (AvgIpc) is 3.28. The van der Waals surface area contributed by atoms with Crippen molar-refractivity contribution in [2.75, 3.05) is 0 Å². The number of aryl methyl sites for hydroxylation is 1. The summed E-state index contributed by atoms with van der Waals surface area (Å²) in [5.41, 5.74) is 1.47. The van der Waals surface area contributed by atoms with Gasteiger partial charge in [-0.1, -0.05) is 30.3 Å². The minimum Gasteiger partial charge on any atom is -0.311 e. The second kappa shape index (κ2) is 5.44. The molecule has 0 bridgehead atoms. The van der Waals surface area contributed by atoms with Gasteiger partial charge >= 0.3 is 0 Å². The molecule has 1 unspecified atom stereocenters. The Hall–Kier alpha value is -0.820. The molecule has 0 heterocycles. The summed E-state index contributed by atoms with van der Waals surface area (Å²) in [6.45, 7) is 2.36. The van der Waals surface area contributed by atoms with Crippen LogP contribution in [0.3, 0.4) is 0 Å². The second-order valence-electron chi connectivity index (χ2n) is 6.29. The van der Waals surface area contributed by atoms with E-state index >= 15 is 0 Å². The lowest BCUT2D eigenvalue weighted by molar-refractivity contribution is 0.362. The summed E-state index contributed by atoms with van der Waals surface area (Å²) in [6, 6.07) is 12.4. The fourth-order valence-corrected chi connectivity index (χ4v) is 3.01. The number of rotatable bonds is 7. The predicted molar refractivity (Wildman–Crippen MR) is 76.6 cm³/mol. The highest BCUT2D eigenvalue weighted by atomic mass is 15.0. The van der Waals surface area contributed by atoms with Gasteiger partial charge in [0.05, 0.1) is 0 Å². The van der Waals surface area contributed by atoms with E-state index in [4.69, 9.17) is 0 Å². The van der Waals surface area contributed by atoms with Crippen molar-refractivity contribution in [1.29, 1.82) is 0 Å². The highest BCUT2D eigenvalue weighted by molar-refractivity contribution is 5.14. The first-order chi connectivity index (χ1) is 8.83. The van der Waals surface area contributed by atoms with Gasteiger partial charge in [0.25, 0.3) is 0 Å². The summed E-state index contributed by atoms with van der Waals surface area (Å²) in [5, 5.41) is 3.91. The van der Waals surface area contributed by atoms with Crippen LogP contribution in [0, 0.1) is 11.8 Å². The summed E-state index contributed by atoms with van der Waals surface area (Å²) in [4.78, 5) is 0. The number of hydrogen-bond acceptors (Lipinski definition) is 1. The van der Waals surface area contributed by atoms with Gasteiger partial charge in [0, 0.05) is 12.1 Å². The first-order valence-electron chi connectivity index (χ1n) is 7.63. The molecule has 1 aromatic rings. The van der Waals surface area contributed by atoms with Crippen molar-refractivity contribution in [2.45, 2.75) is 57.5 Å². The molecular formula is C17H25N. The molecule has 0 radical (unpaired) electrons. The van der Waals surface area contributed by atoms with Crippen molar-refractivity contribution in [3.8, 4) is 0 Å². The molecule has 1 heteroatoms. The molecule has 0 aromatic heterocycles. The van der Waals surface area contributed by atoms with E-state index < -0.39 is 0 Å². The van der Waals surface area contributed by atoms with Gasteiger partial charge in [-0.05, 0) is 62.8 Å². The Labute approximate surface area is 111 Å². The quantitative estimate of drug-likeness (QED) is 0.768. The standard InChI is InChI=1S/C17H25N/c1-13(7-8-14-5-3-2-4-6-14)18-17(15-9-10-15)16-11-12-16/h2-6,13,15-18H,7-12H2,1H3. The normalized spacial score (nSPS) is 21.2. The molecule has 18 heavy (non-hydrogen) atoms. The van der Waals surface area contributed by atoms with E-state index in [1.807, 2.05) is 0 Å².